The highest BCUT2D eigenvalue weighted by molar-refractivity contribution is 6.33. The van der Waals surface area contributed by atoms with Crippen molar-refractivity contribution in [3.8, 4) is 0 Å². The molecule has 0 saturated carbocycles. The van der Waals surface area contributed by atoms with Gasteiger partial charge in [0.15, 0.2) is 13.1 Å². The van der Waals surface area contributed by atoms with Crippen molar-refractivity contribution in [2.45, 2.75) is 19.8 Å². The van der Waals surface area contributed by atoms with E-state index in [0.29, 0.717) is 16.6 Å². The first-order chi connectivity index (χ1) is 12.4. The van der Waals surface area contributed by atoms with Crippen LogP contribution in [-0.2, 0) is 9.59 Å². The Morgan fingerprint density at radius 3 is 2.00 bits per heavy atom. The molecule has 0 aliphatic rings. The summed E-state index contributed by atoms with van der Waals surface area (Å²) >= 11 is 6.03. The number of carbonyl (C=O) groups is 2. The quantitative estimate of drug-likeness (QED) is 0.697. The van der Waals surface area contributed by atoms with Crippen molar-refractivity contribution in [1.29, 1.82) is 0 Å². The molecule has 1 unspecified atom stereocenters. The molecule has 0 aliphatic heterocycles. The summed E-state index contributed by atoms with van der Waals surface area (Å²) in [5.74, 6) is 0.00472. The third-order valence-corrected chi connectivity index (χ3v) is 4.26. The van der Waals surface area contributed by atoms with Crippen LogP contribution in [0.25, 0.3) is 0 Å². The molecule has 0 bridgehead atoms. The Bertz CT molecular complexity index is 777. The highest BCUT2D eigenvalue weighted by Gasteiger charge is 2.16. The Kier molecular flexibility index (Phi) is 7.18. The van der Waals surface area contributed by atoms with E-state index in [9.17, 15) is 9.59 Å². The predicted molar refractivity (Wildman–Crippen MR) is 106 cm³/mol. The topological polar surface area (TPSA) is 62.6 Å². The Morgan fingerprint density at radius 1 is 0.923 bits per heavy atom. The fourth-order valence-corrected chi connectivity index (χ4v) is 2.86. The van der Waals surface area contributed by atoms with Crippen LogP contribution in [0, 0.1) is 0 Å². The Hall–Kier alpha value is -2.37. The molecule has 2 aromatic rings. The van der Waals surface area contributed by atoms with E-state index in [-0.39, 0.29) is 24.9 Å². The van der Waals surface area contributed by atoms with Gasteiger partial charge in [-0.25, -0.2) is 0 Å². The number of rotatable bonds is 7. The predicted octanol–water partition coefficient (Wildman–Crippen LogP) is 2.56. The van der Waals surface area contributed by atoms with Gasteiger partial charge in [-0.3, -0.25) is 9.59 Å². The fourth-order valence-electron chi connectivity index (χ4n) is 2.68. The molecule has 0 spiro atoms. The second kappa shape index (κ2) is 9.36. The van der Waals surface area contributed by atoms with Crippen molar-refractivity contribution in [1.82, 2.24) is 0 Å². The summed E-state index contributed by atoms with van der Waals surface area (Å²) in [6.07, 6.45) is 0. The number of amides is 2. The molecule has 2 amide bonds. The van der Waals surface area contributed by atoms with E-state index in [4.69, 9.17) is 11.6 Å². The van der Waals surface area contributed by atoms with E-state index in [1.807, 2.05) is 24.3 Å². The van der Waals surface area contributed by atoms with Crippen LogP contribution >= 0.6 is 11.6 Å². The van der Waals surface area contributed by atoms with Crippen molar-refractivity contribution >= 4 is 34.8 Å². The maximum atomic E-state index is 12.3. The third-order valence-electron chi connectivity index (χ3n) is 3.93. The molecule has 3 N–H and O–H groups in total. The highest BCUT2D eigenvalue weighted by atomic mass is 35.5. The molecular weight excluding hydrogens is 350 g/mol. The number of halogens is 1. The van der Waals surface area contributed by atoms with Gasteiger partial charge >= 0.3 is 0 Å². The molecule has 0 heterocycles. The molecule has 2 rings (SSSR count). The molecule has 5 nitrogen and oxygen atoms in total. The van der Waals surface area contributed by atoms with Crippen molar-refractivity contribution < 1.29 is 14.5 Å². The van der Waals surface area contributed by atoms with Crippen LogP contribution in [-0.4, -0.2) is 32.0 Å². The first-order valence-electron chi connectivity index (χ1n) is 8.61. The summed E-state index contributed by atoms with van der Waals surface area (Å²) in [6.45, 7) is 4.54. The smallest absolute Gasteiger partial charge is 0.279 e. The summed E-state index contributed by atoms with van der Waals surface area (Å²) in [4.78, 5) is 25.2. The minimum atomic E-state index is -0.189. The van der Waals surface area contributed by atoms with Gasteiger partial charge in [-0.1, -0.05) is 55.8 Å². The summed E-state index contributed by atoms with van der Waals surface area (Å²) in [6, 6.07) is 14.8. The van der Waals surface area contributed by atoms with E-state index >= 15 is 0 Å². The van der Waals surface area contributed by atoms with Gasteiger partial charge in [-0.15, -0.1) is 0 Å². The van der Waals surface area contributed by atoms with E-state index in [0.717, 1.165) is 16.2 Å². The van der Waals surface area contributed by atoms with Crippen LogP contribution in [0.2, 0.25) is 5.02 Å². The van der Waals surface area contributed by atoms with Crippen LogP contribution in [0.1, 0.15) is 25.3 Å². The van der Waals surface area contributed by atoms with Crippen LogP contribution in [0.4, 0.5) is 11.4 Å². The summed E-state index contributed by atoms with van der Waals surface area (Å²) in [7, 11) is 1.81. The number of hydrogen-bond donors (Lipinski definition) is 3. The highest BCUT2D eigenvalue weighted by Crippen LogP contribution is 2.23. The van der Waals surface area contributed by atoms with Gasteiger partial charge in [0, 0.05) is 5.69 Å². The molecule has 6 heteroatoms. The Balaban J connectivity index is 1.87. The van der Waals surface area contributed by atoms with E-state index in [2.05, 4.69) is 24.5 Å². The number of carbonyl (C=O) groups excluding carboxylic acids is 2. The molecule has 0 fully saturated rings. The lowest BCUT2D eigenvalue weighted by molar-refractivity contribution is -0.862. The van der Waals surface area contributed by atoms with Crippen molar-refractivity contribution in [3.63, 3.8) is 0 Å². The van der Waals surface area contributed by atoms with E-state index in [1.54, 1.807) is 31.3 Å². The summed E-state index contributed by atoms with van der Waals surface area (Å²) in [5, 5.41) is 6.19. The monoisotopic (exact) mass is 374 g/mol. The first-order valence-corrected chi connectivity index (χ1v) is 8.99. The van der Waals surface area contributed by atoms with Gasteiger partial charge in [0.05, 0.1) is 17.8 Å². The zero-order chi connectivity index (χ0) is 19.1. The number of quaternary nitrogens is 1. The maximum Gasteiger partial charge on any atom is 0.279 e. The largest absolute Gasteiger partial charge is 0.322 e. The van der Waals surface area contributed by atoms with E-state index in [1.165, 1.54) is 0 Å². The second-order valence-electron chi connectivity index (χ2n) is 6.63. The molecule has 138 valence electrons. The molecular formula is C20H25ClN3O2+. The number of benzene rings is 2. The minimum absolute atomic E-state index is 0.124. The molecule has 0 saturated heterocycles. The van der Waals surface area contributed by atoms with Crippen molar-refractivity contribution in [2.24, 2.45) is 0 Å². The average Bonchev–Trinajstić information content (AvgIpc) is 2.56. The lowest BCUT2D eigenvalue weighted by Crippen LogP contribution is -3.11. The van der Waals surface area contributed by atoms with Gasteiger partial charge in [-0.2, -0.15) is 0 Å². The van der Waals surface area contributed by atoms with Crippen molar-refractivity contribution in [3.05, 3.63) is 59.1 Å². The fraction of sp³-hybridized carbons (Fsp3) is 0.300. The summed E-state index contributed by atoms with van der Waals surface area (Å²) in [5.41, 5.74) is 2.48. The van der Waals surface area contributed by atoms with Gasteiger partial charge < -0.3 is 15.5 Å². The molecule has 2 aromatic carbocycles. The van der Waals surface area contributed by atoms with Gasteiger partial charge in [-0.05, 0) is 29.7 Å². The Morgan fingerprint density at radius 2 is 1.42 bits per heavy atom. The van der Waals surface area contributed by atoms with Crippen LogP contribution in [0.5, 0.6) is 0 Å². The standard InChI is InChI=1S/C20H24ClN3O2/c1-14(2)15-8-4-6-10-17(15)22-19(25)12-24(3)13-20(26)23-18-11-7-5-9-16(18)21/h4-11,14H,12-13H2,1-3H3,(H,22,25)(H,23,26)/p+1. The Labute approximate surface area is 159 Å². The maximum absolute atomic E-state index is 12.3. The molecule has 0 radical (unpaired) electrons. The molecule has 26 heavy (non-hydrogen) atoms. The lowest BCUT2D eigenvalue weighted by atomic mass is 10.0. The third kappa shape index (κ3) is 5.86. The average molecular weight is 375 g/mol. The number of hydrogen-bond acceptors (Lipinski definition) is 2. The zero-order valence-electron chi connectivity index (χ0n) is 15.3. The number of para-hydroxylation sites is 2. The first kappa shape index (κ1) is 19.9. The number of likely N-dealkylation sites (N-methyl/N-ethyl adjacent to an activating group) is 1. The normalized spacial score (nSPS) is 11.9. The number of nitrogens with one attached hydrogen (secondary N) is 3. The summed E-state index contributed by atoms with van der Waals surface area (Å²) < 4.78 is 0. The molecule has 1 atom stereocenters. The van der Waals surface area contributed by atoms with Gasteiger partial charge in [0.25, 0.3) is 11.8 Å². The zero-order valence-corrected chi connectivity index (χ0v) is 16.1. The van der Waals surface area contributed by atoms with Crippen molar-refractivity contribution in [2.75, 3.05) is 30.8 Å². The second-order valence-corrected chi connectivity index (χ2v) is 7.04. The van der Waals surface area contributed by atoms with Crippen LogP contribution < -0.4 is 15.5 Å². The number of anilines is 2. The van der Waals surface area contributed by atoms with Crippen LogP contribution in [0.15, 0.2) is 48.5 Å². The van der Waals surface area contributed by atoms with Gasteiger partial charge in [0.2, 0.25) is 0 Å². The van der Waals surface area contributed by atoms with Crippen LogP contribution in [0.3, 0.4) is 0 Å². The minimum Gasteiger partial charge on any atom is -0.322 e. The van der Waals surface area contributed by atoms with E-state index < -0.39 is 0 Å². The molecule has 0 aliphatic carbocycles. The van der Waals surface area contributed by atoms with Gasteiger partial charge in [0.1, 0.15) is 0 Å². The SMILES string of the molecule is CC(C)c1ccccc1NC(=O)C[NH+](C)CC(=O)Nc1ccccc1Cl. The lowest BCUT2D eigenvalue weighted by Gasteiger charge is -2.16. The molecule has 0 aromatic heterocycles.